The van der Waals surface area contributed by atoms with E-state index in [-0.39, 0.29) is 41.6 Å². The van der Waals surface area contributed by atoms with E-state index in [0.29, 0.717) is 61.4 Å². The van der Waals surface area contributed by atoms with Crippen LogP contribution in [-0.2, 0) is 42.9 Å². The van der Waals surface area contributed by atoms with Crippen molar-refractivity contribution in [2.75, 3.05) is 0 Å². The summed E-state index contributed by atoms with van der Waals surface area (Å²) >= 11 is 1.25. The number of halogens is 7. The summed E-state index contributed by atoms with van der Waals surface area (Å²) in [7, 11) is 0. The van der Waals surface area contributed by atoms with Crippen molar-refractivity contribution in [3.63, 3.8) is 0 Å². The lowest BCUT2D eigenvalue weighted by molar-refractivity contribution is -0.142. The number of benzene rings is 3. The van der Waals surface area contributed by atoms with Gasteiger partial charge in [0.2, 0.25) is 5.91 Å². The minimum Gasteiger partial charge on any atom is -0.348 e. The first-order chi connectivity index (χ1) is 27.6. The molecule has 3 N–H and O–H groups in total. The molecule has 1 fully saturated rings. The molecule has 3 aromatic heterocycles. The molecule has 1 saturated carbocycles. The second-order valence-electron chi connectivity index (χ2n) is 14.8. The van der Waals surface area contributed by atoms with Crippen LogP contribution >= 0.6 is 11.3 Å². The molecule has 1 unspecified atom stereocenters. The number of alkyl halides is 5. The Morgan fingerprint density at radius 1 is 0.897 bits per heavy atom. The quantitative estimate of drug-likeness (QED) is 0.138. The average molecular weight is 818 g/mol. The molecule has 58 heavy (non-hydrogen) atoms. The van der Waals surface area contributed by atoms with Gasteiger partial charge in [0.05, 0.1) is 16.4 Å². The standard InChI is InChI=1S/C40H26F7N7O3S/c41-21-5-16(6-22(42)10-21)7-28(50-30(55)15-54-34-31(33(53-54)40(45,46)47)26-11-27(26)39(34,43)44)32-23(17-1-3-19-13-48-36(56)24(19)8-17)12-29-35(51-32)52-38(58-29)18-2-4-20-14-49-37(57)25(20)9-18/h1-6,8-10,12,26-28H,7,11,13-15H2,(H,48,56)(H,49,57)(H,50,55)/t26?,27-,28+/m1/s1. The molecule has 3 amide bonds. The fourth-order valence-electron chi connectivity index (χ4n) is 8.37. The minimum absolute atomic E-state index is 0.0605. The molecule has 5 heterocycles. The summed E-state index contributed by atoms with van der Waals surface area (Å²) in [6.45, 7) is -0.350. The summed E-state index contributed by atoms with van der Waals surface area (Å²) in [5, 5.41) is 12.2. The average Bonchev–Trinajstić information content (AvgIpc) is 3.45. The van der Waals surface area contributed by atoms with Gasteiger partial charge in [0.1, 0.15) is 28.9 Å². The first-order valence-electron chi connectivity index (χ1n) is 18.1. The maximum absolute atomic E-state index is 15.4. The number of carbonyl (C=O) groups is 3. The van der Waals surface area contributed by atoms with Crippen LogP contribution in [0, 0.1) is 17.6 Å². The Hall–Kier alpha value is -6.17. The number of carbonyl (C=O) groups excluding carboxylic acids is 3. The zero-order chi connectivity index (χ0) is 40.4. The monoisotopic (exact) mass is 817 g/mol. The zero-order valence-electron chi connectivity index (χ0n) is 29.6. The van der Waals surface area contributed by atoms with Gasteiger partial charge < -0.3 is 16.0 Å². The number of amides is 3. The van der Waals surface area contributed by atoms with Gasteiger partial charge in [0.25, 0.3) is 17.7 Å². The molecule has 18 heteroatoms. The van der Waals surface area contributed by atoms with E-state index in [4.69, 9.17) is 9.97 Å². The van der Waals surface area contributed by atoms with Crippen LogP contribution < -0.4 is 16.0 Å². The molecule has 0 radical (unpaired) electrons. The van der Waals surface area contributed by atoms with E-state index in [1.807, 2.05) is 12.1 Å². The van der Waals surface area contributed by atoms with Crippen LogP contribution in [-0.4, -0.2) is 37.5 Å². The Bertz CT molecular complexity index is 2780. The lowest BCUT2D eigenvalue weighted by Gasteiger charge is -2.23. The molecule has 294 valence electrons. The van der Waals surface area contributed by atoms with Crippen LogP contribution in [0.2, 0.25) is 0 Å². The molecule has 0 spiro atoms. The fourth-order valence-corrected chi connectivity index (χ4v) is 9.32. The van der Waals surface area contributed by atoms with Crippen molar-refractivity contribution in [2.24, 2.45) is 5.92 Å². The Morgan fingerprint density at radius 3 is 2.22 bits per heavy atom. The van der Waals surface area contributed by atoms with E-state index in [0.717, 1.165) is 23.3 Å². The summed E-state index contributed by atoms with van der Waals surface area (Å²) < 4.78 is 103. The predicted molar refractivity (Wildman–Crippen MR) is 194 cm³/mol. The summed E-state index contributed by atoms with van der Waals surface area (Å²) in [6.07, 6.45) is -5.50. The highest BCUT2D eigenvalue weighted by Crippen LogP contribution is 2.68. The molecule has 3 atom stereocenters. The number of rotatable bonds is 8. The SMILES string of the molecule is O=C(Cn1nc(C(F)(F)F)c2c1C(F)(F)[C@@H]1CC21)N[C@@H](Cc1cc(F)cc(F)c1)c1nc2nc(-c3ccc4c(c3)C(=O)NC4)sc2cc1-c1ccc2c(c1)C(=O)NC2. The van der Waals surface area contributed by atoms with Crippen LogP contribution in [0.3, 0.4) is 0 Å². The second kappa shape index (κ2) is 12.7. The summed E-state index contributed by atoms with van der Waals surface area (Å²) in [6, 6.07) is 13.6. The normalized spacial score (nSPS) is 19.0. The van der Waals surface area contributed by atoms with Crippen LogP contribution in [0.1, 0.15) is 78.4 Å². The molecule has 2 aliphatic heterocycles. The number of hydrogen-bond donors (Lipinski definition) is 3. The number of pyridine rings is 1. The number of nitrogens with one attached hydrogen (secondary N) is 3. The number of fused-ring (bicyclic) bond motifs is 6. The van der Waals surface area contributed by atoms with Gasteiger partial charge in [-0.15, -0.1) is 11.3 Å². The van der Waals surface area contributed by atoms with Crippen LogP contribution in [0.4, 0.5) is 30.7 Å². The highest BCUT2D eigenvalue weighted by atomic mass is 32.1. The molecular formula is C40H26F7N7O3S. The summed E-state index contributed by atoms with van der Waals surface area (Å²) in [4.78, 5) is 48.7. The smallest absolute Gasteiger partial charge is 0.348 e. The van der Waals surface area contributed by atoms with Crippen LogP contribution in [0.25, 0.3) is 32.0 Å². The minimum atomic E-state index is -5.05. The van der Waals surface area contributed by atoms with Crippen molar-refractivity contribution in [1.82, 2.24) is 35.7 Å². The number of hydrogen-bond acceptors (Lipinski definition) is 7. The number of aromatic nitrogens is 4. The number of thiazole rings is 1. The van der Waals surface area contributed by atoms with Gasteiger partial charge in [-0.05, 0) is 71.3 Å². The first-order valence-corrected chi connectivity index (χ1v) is 18.9. The molecular weight excluding hydrogens is 792 g/mol. The highest BCUT2D eigenvalue weighted by molar-refractivity contribution is 7.21. The van der Waals surface area contributed by atoms with Crippen molar-refractivity contribution < 1.29 is 45.1 Å². The van der Waals surface area contributed by atoms with Gasteiger partial charge in [-0.1, -0.05) is 24.3 Å². The van der Waals surface area contributed by atoms with E-state index >= 15 is 8.78 Å². The Kier molecular flexibility index (Phi) is 7.90. The maximum atomic E-state index is 15.4. The molecule has 0 bridgehead atoms. The van der Waals surface area contributed by atoms with Crippen molar-refractivity contribution in [2.45, 2.75) is 56.5 Å². The van der Waals surface area contributed by atoms with Crippen molar-refractivity contribution in [3.05, 3.63) is 123 Å². The van der Waals surface area contributed by atoms with Crippen LogP contribution in [0.15, 0.2) is 60.7 Å². The van der Waals surface area contributed by atoms with Gasteiger partial charge >= 0.3 is 6.18 Å². The van der Waals surface area contributed by atoms with Gasteiger partial charge in [-0.2, -0.15) is 27.1 Å². The number of nitrogens with zero attached hydrogens (tertiary/aromatic N) is 4. The predicted octanol–water partition coefficient (Wildman–Crippen LogP) is 7.31. The molecule has 10 nitrogen and oxygen atoms in total. The van der Waals surface area contributed by atoms with E-state index < -0.39 is 71.0 Å². The van der Waals surface area contributed by atoms with Crippen molar-refractivity contribution >= 4 is 39.4 Å². The molecule has 10 rings (SSSR count). The van der Waals surface area contributed by atoms with Gasteiger partial charge in [-0.3, -0.25) is 19.1 Å². The third-order valence-corrected chi connectivity index (χ3v) is 12.1. The Labute approximate surface area is 326 Å². The molecule has 0 saturated heterocycles. The fraction of sp³-hybridized carbons (Fsp3) is 0.250. The van der Waals surface area contributed by atoms with E-state index in [1.165, 1.54) is 11.3 Å². The van der Waals surface area contributed by atoms with Gasteiger partial charge in [0.15, 0.2) is 11.3 Å². The highest BCUT2D eigenvalue weighted by Gasteiger charge is 2.68. The second-order valence-corrected chi connectivity index (χ2v) is 15.8. The zero-order valence-corrected chi connectivity index (χ0v) is 30.4. The third-order valence-electron chi connectivity index (χ3n) is 11.1. The topological polar surface area (TPSA) is 131 Å². The molecule has 3 aromatic carbocycles. The van der Waals surface area contributed by atoms with E-state index in [2.05, 4.69) is 21.0 Å². The lowest BCUT2D eigenvalue weighted by Crippen LogP contribution is -2.35. The Morgan fingerprint density at radius 2 is 1.55 bits per heavy atom. The first kappa shape index (κ1) is 36.2. The Balaban J connectivity index is 1.10. The molecule has 6 aromatic rings. The van der Waals surface area contributed by atoms with Crippen molar-refractivity contribution in [1.29, 1.82) is 0 Å². The maximum Gasteiger partial charge on any atom is 0.435 e. The van der Waals surface area contributed by atoms with Crippen LogP contribution in [0.5, 0.6) is 0 Å². The summed E-state index contributed by atoms with van der Waals surface area (Å²) in [5.74, 6) is -9.44. The van der Waals surface area contributed by atoms with E-state index in [1.54, 1.807) is 30.3 Å². The third kappa shape index (κ3) is 5.91. The lowest BCUT2D eigenvalue weighted by atomic mass is 9.93. The molecule has 4 aliphatic rings. The van der Waals surface area contributed by atoms with Crippen molar-refractivity contribution in [3.8, 4) is 21.7 Å². The van der Waals surface area contributed by atoms with Gasteiger partial charge in [-0.25, -0.2) is 18.7 Å². The molecule has 2 aliphatic carbocycles. The summed E-state index contributed by atoms with van der Waals surface area (Å²) in [5.41, 5.74) is 1.18. The van der Waals surface area contributed by atoms with E-state index in [9.17, 15) is 36.3 Å². The van der Waals surface area contributed by atoms with Gasteiger partial charge in [0, 0.05) is 52.9 Å². The largest absolute Gasteiger partial charge is 0.435 e.